The van der Waals surface area contributed by atoms with E-state index in [2.05, 4.69) is 26.1 Å². The molecule has 4 rings (SSSR count). The van der Waals surface area contributed by atoms with Gasteiger partial charge in [0.05, 0.1) is 0 Å². The lowest BCUT2D eigenvalue weighted by Gasteiger charge is -2.18. The number of thioether (sulfide) groups is 1. The van der Waals surface area contributed by atoms with E-state index in [9.17, 15) is 14.5 Å². The molecule has 0 bridgehead atoms. The zero-order valence-electron chi connectivity index (χ0n) is 19.0. The molecule has 7 nitrogen and oxygen atoms in total. The predicted molar refractivity (Wildman–Crippen MR) is 136 cm³/mol. The quantitative estimate of drug-likeness (QED) is 0.133. The van der Waals surface area contributed by atoms with Gasteiger partial charge in [0.2, 0.25) is 6.54 Å². The Morgan fingerprint density at radius 2 is 1.80 bits per heavy atom. The van der Waals surface area contributed by atoms with Crippen molar-refractivity contribution >= 4 is 27.7 Å². The Labute approximate surface area is 214 Å². The molecule has 35 heavy (non-hydrogen) atoms. The monoisotopic (exact) mass is 556 g/mol. The van der Waals surface area contributed by atoms with Crippen LogP contribution in [0.25, 0.3) is 5.69 Å². The van der Waals surface area contributed by atoms with E-state index in [1.54, 1.807) is 29.7 Å². The molecule has 0 N–H and O–H groups in total. The van der Waals surface area contributed by atoms with Crippen molar-refractivity contribution in [2.75, 3.05) is 6.54 Å². The molecule has 0 saturated heterocycles. The number of rotatable bonds is 9. The third-order valence-corrected chi connectivity index (χ3v) is 6.93. The number of halogens is 2. The summed E-state index contributed by atoms with van der Waals surface area (Å²) in [6, 6.07) is 19.4. The predicted octanol–water partition coefficient (Wildman–Crippen LogP) is 6.47. The van der Waals surface area contributed by atoms with E-state index in [0.717, 1.165) is 15.6 Å². The van der Waals surface area contributed by atoms with Crippen molar-refractivity contribution in [1.29, 1.82) is 0 Å². The fraction of sp³-hybridized carbons (Fsp3) is 0.200. The van der Waals surface area contributed by atoms with E-state index in [1.807, 2.05) is 43.3 Å². The van der Waals surface area contributed by atoms with Crippen LogP contribution in [0.3, 0.4) is 0 Å². The normalized spacial score (nSPS) is 11.9. The molecule has 0 amide bonds. The minimum atomic E-state index is -0.613. The van der Waals surface area contributed by atoms with Crippen LogP contribution in [0.4, 0.5) is 4.39 Å². The van der Waals surface area contributed by atoms with E-state index in [1.165, 1.54) is 23.9 Å². The summed E-state index contributed by atoms with van der Waals surface area (Å²) in [6.07, 6.45) is 0. The number of aryl methyl sites for hydroxylation is 2. The largest absolute Gasteiger partial charge is 0.489 e. The first-order valence-corrected chi connectivity index (χ1v) is 12.4. The number of benzene rings is 3. The molecule has 1 aromatic heterocycles. The van der Waals surface area contributed by atoms with E-state index in [4.69, 9.17) is 4.74 Å². The van der Waals surface area contributed by atoms with Gasteiger partial charge in [-0.25, -0.2) is 4.39 Å². The minimum absolute atomic E-state index is 0.329. The maximum absolute atomic E-state index is 13.5. The molecule has 1 heterocycles. The Bertz CT molecular complexity index is 1330. The highest BCUT2D eigenvalue weighted by molar-refractivity contribution is 9.10. The van der Waals surface area contributed by atoms with E-state index < -0.39 is 5.25 Å². The van der Waals surface area contributed by atoms with Crippen LogP contribution in [0.15, 0.2) is 76.4 Å². The third kappa shape index (κ3) is 6.26. The van der Waals surface area contributed by atoms with Crippen LogP contribution in [0.2, 0.25) is 0 Å². The Kier molecular flexibility index (Phi) is 7.82. The van der Waals surface area contributed by atoms with Gasteiger partial charge in [-0.1, -0.05) is 57.5 Å². The first kappa shape index (κ1) is 24.9. The van der Waals surface area contributed by atoms with Crippen molar-refractivity contribution in [3.63, 3.8) is 0 Å². The lowest BCUT2D eigenvalue weighted by atomic mass is 10.1. The van der Waals surface area contributed by atoms with Crippen LogP contribution in [0.5, 0.6) is 5.75 Å². The molecule has 4 aromatic rings. The third-order valence-electron chi connectivity index (χ3n) is 5.28. The summed E-state index contributed by atoms with van der Waals surface area (Å²) in [6.45, 7) is 3.77. The molecule has 10 heteroatoms. The van der Waals surface area contributed by atoms with Crippen LogP contribution < -0.4 is 4.74 Å². The summed E-state index contributed by atoms with van der Waals surface area (Å²) in [4.78, 5) is 11.3. The molecular weight excluding hydrogens is 535 g/mol. The molecular formula is C25H22BrFN4O3S. The number of hydrogen-bond donors (Lipinski definition) is 0. The van der Waals surface area contributed by atoms with Gasteiger partial charge in [-0.05, 0) is 61.9 Å². The molecule has 0 aliphatic carbocycles. The fourth-order valence-electron chi connectivity index (χ4n) is 3.52. The van der Waals surface area contributed by atoms with Gasteiger partial charge >= 0.3 is 0 Å². The topological polar surface area (TPSA) is 83.1 Å². The van der Waals surface area contributed by atoms with Gasteiger partial charge in [0.25, 0.3) is 0 Å². The second-order valence-electron chi connectivity index (χ2n) is 7.92. The smallest absolute Gasteiger partial charge is 0.220 e. The van der Waals surface area contributed by atoms with Crippen molar-refractivity contribution in [3.8, 4) is 11.4 Å². The highest BCUT2D eigenvalue weighted by Crippen LogP contribution is 2.41. The molecule has 1 atom stereocenters. The molecule has 3 aromatic carbocycles. The zero-order valence-corrected chi connectivity index (χ0v) is 21.4. The molecule has 0 spiro atoms. The molecule has 180 valence electrons. The lowest BCUT2D eigenvalue weighted by molar-refractivity contribution is -0.479. The van der Waals surface area contributed by atoms with Crippen LogP contribution in [0.1, 0.15) is 27.8 Å². The highest BCUT2D eigenvalue weighted by atomic mass is 79.9. The van der Waals surface area contributed by atoms with Crippen molar-refractivity contribution < 1.29 is 14.1 Å². The maximum atomic E-state index is 13.5. The first-order valence-electron chi connectivity index (χ1n) is 10.7. The average molecular weight is 557 g/mol. The van der Waals surface area contributed by atoms with Crippen LogP contribution in [0, 0.1) is 29.8 Å². The van der Waals surface area contributed by atoms with Gasteiger partial charge in [0.1, 0.15) is 29.2 Å². The Morgan fingerprint density at radius 1 is 1.09 bits per heavy atom. The van der Waals surface area contributed by atoms with Crippen molar-refractivity contribution in [3.05, 3.63) is 110 Å². The summed E-state index contributed by atoms with van der Waals surface area (Å²) in [7, 11) is 0. The van der Waals surface area contributed by atoms with Gasteiger partial charge in [-0.3, -0.25) is 14.7 Å². The van der Waals surface area contributed by atoms with Gasteiger partial charge in [-0.15, -0.1) is 10.2 Å². The van der Waals surface area contributed by atoms with Crippen LogP contribution in [-0.4, -0.2) is 26.2 Å². The Hall–Kier alpha value is -3.24. The van der Waals surface area contributed by atoms with Crippen molar-refractivity contribution in [1.82, 2.24) is 14.8 Å². The molecule has 0 aliphatic heterocycles. The number of hydrogen-bond acceptors (Lipinski definition) is 6. The summed E-state index contributed by atoms with van der Waals surface area (Å²) >= 11 is 4.70. The van der Waals surface area contributed by atoms with E-state index in [-0.39, 0.29) is 17.3 Å². The number of nitrogens with zero attached hydrogens (tertiary/aromatic N) is 4. The van der Waals surface area contributed by atoms with Crippen LogP contribution >= 0.6 is 27.7 Å². The van der Waals surface area contributed by atoms with Crippen molar-refractivity contribution in [2.45, 2.75) is 30.9 Å². The standard InChI is InChI=1S/C25H22BrFN4O3S/c1-16-3-5-18(6-4-16)15-34-23-12-7-19(26)13-22(23)24(14-30(32)33)35-25-29-28-17(2)31(25)21-10-8-20(27)9-11-21/h3-13,24H,14-15H2,1-2H3/t24-/m1/s1. The number of ether oxygens (including phenoxy) is 1. The van der Waals surface area contributed by atoms with Gasteiger partial charge in [0.15, 0.2) is 5.16 Å². The summed E-state index contributed by atoms with van der Waals surface area (Å²) in [5.74, 6) is 0.783. The summed E-state index contributed by atoms with van der Waals surface area (Å²) in [5, 5.41) is 19.9. The van der Waals surface area contributed by atoms with Crippen molar-refractivity contribution in [2.24, 2.45) is 0 Å². The zero-order chi connectivity index (χ0) is 24.9. The van der Waals surface area contributed by atoms with Gasteiger partial charge < -0.3 is 4.74 Å². The first-order chi connectivity index (χ1) is 16.8. The number of aromatic nitrogens is 3. The second kappa shape index (κ2) is 11.0. The highest BCUT2D eigenvalue weighted by Gasteiger charge is 2.27. The Balaban J connectivity index is 1.67. The summed E-state index contributed by atoms with van der Waals surface area (Å²) in [5.41, 5.74) is 3.48. The summed E-state index contributed by atoms with van der Waals surface area (Å²) < 4.78 is 22.1. The lowest BCUT2D eigenvalue weighted by Crippen LogP contribution is -2.12. The van der Waals surface area contributed by atoms with E-state index in [0.29, 0.717) is 34.6 Å². The molecule has 0 fully saturated rings. The number of nitro groups is 1. The van der Waals surface area contributed by atoms with Gasteiger partial charge in [0, 0.05) is 20.6 Å². The van der Waals surface area contributed by atoms with E-state index >= 15 is 0 Å². The average Bonchev–Trinajstić information content (AvgIpc) is 3.19. The fourth-order valence-corrected chi connectivity index (χ4v) is 5.09. The van der Waals surface area contributed by atoms with Crippen LogP contribution in [-0.2, 0) is 6.61 Å². The molecule has 0 aliphatic rings. The maximum Gasteiger partial charge on any atom is 0.220 e. The molecule has 0 saturated carbocycles. The molecule has 0 unspecified atom stereocenters. The Morgan fingerprint density at radius 3 is 2.49 bits per heavy atom. The molecule has 0 radical (unpaired) electrons. The van der Waals surface area contributed by atoms with Gasteiger partial charge in [-0.2, -0.15) is 0 Å². The SMILES string of the molecule is Cc1ccc(COc2ccc(Br)cc2[C@@H](C[N+](=O)[O-])Sc2nnc(C)n2-c2ccc(F)cc2)cc1. The minimum Gasteiger partial charge on any atom is -0.489 e. The second-order valence-corrected chi connectivity index (χ2v) is 10.0.